The Morgan fingerprint density at radius 2 is 1.64 bits per heavy atom. The minimum absolute atomic E-state index is 0.757. The summed E-state index contributed by atoms with van der Waals surface area (Å²) in [5.41, 5.74) is 0. The van der Waals surface area contributed by atoms with Gasteiger partial charge in [-0.2, -0.15) is 0 Å². The van der Waals surface area contributed by atoms with Gasteiger partial charge < -0.3 is 9.64 Å². The quantitative estimate of drug-likeness (QED) is 0.822. The lowest BCUT2D eigenvalue weighted by Gasteiger charge is -2.40. The highest BCUT2D eigenvalue weighted by Crippen LogP contribution is 2.21. The van der Waals surface area contributed by atoms with Gasteiger partial charge in [-0.05, 0) is 76.1 Å². The number of likely N-dealkylation sites (tertiary alicyclic amines) is 2. The van der Waals surface area contributed by atoms with Gasteiger partial charge in [-0.15, -0.1) is 0 Å². The summed E-state index contributed by atoms with van der Waals surface area (Å²) in [7, 11) is 0. The van der Waals surface area contributed by atoms with E-state index in [1.54, 1.807) is 0 Å². The van der Waals surface area contributed by atoms with Crippen LogP contribution in [0.2, 0.25) is 5.02 Å². The van der Waals surface area contributed by atoms with E-state index in [0.717, 1.165) is 30.0 Å². The van der Waals surface area contributed by atoms with Crippen molar-refractivity contribution in [3.05, 3.63) is 29.3 Å². The fourth-order valence-corrected chi connectivity index (χ4v) is 3.74. The predicted octanol–water partition coefficient (Wildman–Crippen LogP) is 3.67. The van der Waals surface area contributed by atoms with E-state index in [0.29, 0.717) is 0 Å². The van der Waals surface area contributed by atoms with Crippen LogP contribution in [0.1, 0.15) is 32.1 Å². The second-order valence-electron chi connectivity index (χ2n) is 6.47. The van der Waals surface area contributed by atoms with E-state index in [-0.39, 0.29) is 0 Å². The molecule has 4 heteroatoms. The van der Waals surface area contributed by atoms with E-state index < -0.39 is 0 Å². The molecular formula is C18H27ClN2O. The summed E-state index contributed by atoms with van der Waals surface area (Å²) in [6, 6.07) is 8.45. The van der Waals surface area contributed by atoms with Crippen LogP contribution in [0.4, 0.5) is 0 Å². The normalized spacial score (nSPS) is 21.9. The third-order valence-electron chi connectivity index (χ3n) is 4.95. The Hall–Kier alpha value is -0.770. The van der Waals surface area contributed by atoms with Crippen molar-refractivity contribution in [2.45, 2.75) is 38.1 Å². The molecule has 2 heterocycles. The van der Waals surface area contributed by atoms with Crippen LogP contribution in [-0.2, 0) is 0 Å². The average Bonchev–Trinajstić information content (AvgIpc) is 2.58. The SMILES string of the molecule is Clc1ccc(OCCN2CCC(N3CCCCC3)CC2)cc1. The Morgan fingerprint density at radius 1 is 0.955 bits per heavy atom. The molecule has 0 aliphatic carbocycles. The first-order valence-corrected chi connectivity index (χ1v) is 9.04. The highest BCUT2D eigenvalue weighted by atomic mass is 35.5. The molecule has 0 bridgehead atoms. The zero-order chi connectivity index (χ0) is 15.2. The van der Waals surface area contributed by atoms with Gasteiger partial charge in [0.15, 0.2) is 0 Å². The average molecular weight is 323 g/mol. The molecule has 0 atom stereocenters. The van der Waals surface area contributed by atoms with E-state index in [1.165, 1.54) is 58.3 Å². The van der Waals surface area contributed by atoms with Gasteiger partial charge in [0.1, 0.15) is 12.4 Å². The monoisotopic (exact) mass is 322 g/mol. The van der Waals surface area contributed by atoms with E-state index in [2.05, 4.69) is 9.80 Å². The van der Waals surface area contributed by atoms with Gasteiger partial charge in [0.05, 0.1) is 0 Å². The Bertz CT molecular complexity index is 437. The van der Waals surface area contributed by atoms with Crippen LogP contribution in [0, 0.1) is 0 Å². The number of hydrogen-bond acceptors (Lipinski definition) is 3. The second kappa shape index (κ2) is 8.19. The van der Waals surface area contributed by atoms with E-state index in [4.69, 9.17) is 16.3 Å². The highest BCUT2D eigenvalue weighted by molar-refractivity contribution is 6.30. The largest absolute Gasteiger partial charge is 0.492 e. The first kappa shape index (κ1) is 16.1. The molecule has 2 aliphatic heterocycles. The lowest BCUT2D eigenvalue weighted by molar-refractivity contribution is 0.0858. The van der Waals surface area contributed by atoms with Crippen LogP contribution in [0.15, 0.2) is 24.3 Å². The molecule has 0 radical (unpaired) electrons. The summed E-state index contributed by atoms with van der Waals surface area (Å²) in [4.78, 5) is 5.27. The molecule has 2 saturated heterocycles. The third-order valence-corrected chi connectivity index (χ3v) is 5.21. The first-order chi connectivity index (χ1) is 10.8. The summed E-state index contributed by atoms with van der Waals surface area (Å²) < 4.78 is 5.80. The summed E-state index contributed by atoms with van der Waals surface area (Å²) in [5, 5.41) is 0.757. The lowest BCUT2D eigenvalue weighted by Crippen LogP contribution is -2.47. The number of ether oxygens (including phenoxy) is 1. The molecule has 0 N–H and O–H groups in total. The third kappa shape index (κ3) is 4.61. The molecule has 0 saturated carbocycles. The molecule has 122 valence electrons. The maximum absolute atomic E-state index is 5.88. The molecule has 0 aromatic heterocycles. The Kier molecular flexibility index (Phi) is 5.99. The summed E-state index contributed by atoms with van der Waals surface area (Å²) >= 11 is 5.88. The Morgan fingerprint density at radius 3 is 2.32 bits per heavy atom. The fraction of sp³-hybridized carbons (Fsp3) is 0.667. The minimum atomic E-state index is 0.757. The lowest BCUT2D eigenvalue weighted by atomic mass is 10.00. The molecule has 3 rings (SSSR count). The number of nitrogens with zero attached hydrogens (tertiary/aromatic N) is 2. The maximum atomic E-state index is 5.88. The van der Waals surface area contributed by atoms with Crippen LogP contribution in [0.25, 0.3) is 0 Å². The Balaban J connectivity index is 1.34. The Labute approximate surface area is 139 Å². The fourth-order valence-electron chi connectivity index (χ4n) is 3.62. The molecule has 1 aromatic carbocycles. The minimum Gasteiger partial charge on any atom is -0.492 e. The van der Waals surface area contributed by atoms with Crippen LogP contribution >= 0.6 is 11.6 Å². The van der Waals surface area contributed by atoms with Crippen molar-refractivity contribution in [2.24, 2.45) is 0 Å². The van der Waals surface area contributed by atoms with E-state index >= 15 is 0 Å². The van der Waals surface area contributed by atoms with Crippen LogP contribution < -0.4 is 4.74 Å². The van der Waals surface area contributed by atoms with Crippen molar-refractivity contribution in [3.63, 3.8) is 0 Å². The zero-order valence-electron chi connectivity index (χ0n) is 13.3. The molecule has 0 unspecified atom stereocenters. The molecule has 22 heavy (non-hydrogen) atoms. The van der Waals surface area contributed by atoms with E-state index in [1.807, 2.05) is 24.3 Å². The highest BCUT2D eigenvalue weighted by Gasteiger charge is 2.25. The van der Waals surface area contributed by atoms with Gasteiger partial charge in [-0.25, -0.2) is 0 Å². The molecule has 1 aromatic rings. The molecule has 2 fully saturated rings. The number of halogens is 1. The number of hydrogen-bond donors (Lipinski definition) is 0. The van der Waals surface area contributed by atoms with Gasteiger partial charge in [-0.1, -0.05) is 18.0 Å². The van der Waals surface area contributed by atoms with Crippen molar-refractivity contribution < 1.29 is 4.74 Å². The van der Waals surface area contributed by atoms with Crippen LogP contribution in [0.5, 0.6) is 5.75 Å². The van der Waals surface area contributed by atoms with Crippen molar-refractivity contribution in [3.8, 4) is 5.75 Å². The molecule has 3 nitrogen and oxygen atoms in total. The molecular weight excluding hydrogens is 296 g/mol. The predicted molar refractivity (Wildman–Crippen MR) is 91.8 cm³/mol. The van der Waals surface area contributed by atoms with E-state index in [9.17, 15) is 0 Å². The van der Waals surface area contributed by atoms with Crippen molar-refractivity contribution in [2.75, 3.05) is 39.3 Å². The maximum Gasteiger partial charge on any atom is 0.119 e. The number of piperidine rings is 2. The molecule has 2 aliphatic rings. The number of benzene rings is 1. The summed E-state index contributed by atoms with van der Waals surface area (Å²) in [6.07, 6.45) is 6.86. The standard InChI is InChI=1S/C18H27ClN2O/c19-16-4-6-18(7-5-16)22-15-14-20-12-8-17(9-13-20)21-10-2-1-3-11-21/h4-7,17H,1-3,8-15H2. The molecule has 0 spiro atoms. The van der Waals surface area contributed by atoms with Gasteiger partial charge in [-0.3, -0.25) is 4.90 Å². The number of rotatable bonds is 5. The van der Waals surface area contributed by atoms with Crippen LogP contribution in [-0.4, -0.2) is 55.2 Å². The van der Waals surface area contributed by atoms with Gasteiger partial charge in [0.25, 0.3) is 0 Å². The van der Waals surface area contributed by atoms with Gasteiger partial charge in [0, 0.05) is 17.6 Å². The summed E-state index contributed by atoms with van der Waals surface area (Å²) in [6.45, 7) is 6.86. The topological polar surface area (TPSA) is 15.7 Å². The van der Waals surface area contributed by atoms with Gasteiger partial charge in [0.2, 0.25) is 0 Å². The van der Waals surface area contributed by atoms with Gasteiger partial charge >= 0.3 is 0 Å². The van der Waals surface area contributed by atoms with Crippen LogP contribution in [0.3, 0.4) is 0 Å². The second-order valence-corrected chi connectivity index (χ2v) is 6.91. The molecule has 0 amide bonds. The summed E-state index contributed by atoms with van der Waals surface area (Å²) in [5.74, 6) is 0.910. The zero-order valence-corrected chi connectivity index (χ0v) is 14.1. The van der Waals surface area contributed by atoms with Crippen molar-refractivity contribution in [1.82, 2.24) is 9.80 Å². The van der Waals surface area contributed by atoms with Crippen molar-refractivity contribution >= 4 is 11.6 Å². The smallest absolute Gasteiger partial charge is 0.119 e. The van der Waals surface area contributed by atoms with Crippen molar-refractivity contribution in [1.29, 1.82) is 0 Å². The first-order valence-electron chi connectivity index (χ1n) is 8.66.